The van der Waals surface area contributed by atoms with Gasteiger partial charge in [-0.2, -0.15) is 0 Å². The van der Waals surface area contributed by atoms with Crippen LogP contribution in [0, 0.1) is 5.82 Å². The average Bonchev–Trinajstić information content (AvgIpc) is 2.68. The molecule has 1 aromatic rings. The first kappa shape index (κ1) is 26.3. The summed E-state index contributed by atoms with van der Waals surface area (Å²) < 4.78 is 30.8. The van der Waals surface area contributed by atoms with E-state index in [1.807, 2.05) is 32.9 Å². The van der Waals surface area contributed by atoms with E-state index in [-0.39, 0.29) is 40.6 Å². The van der Waals surface area contributed by atoms with E-state index in [1.54, 1.807) is 7.05 Å². The Labute approximate surface area is 193 Å². The van der Waals surface area contributed by atoms with Gasteiger partial charge in [-0.25, -0.2) is 4.39 Å². The molecular formula is C20H34FIN4O2S. The SMILES string of the molecule is CN=C(NCCS(=O)C(C)(C)C)NCC(c1ccc(F)cc1)N1CCOCC1.I. The van der Waals surface area contributed by atoms with Crippen molar-refractivity contribution in [2.45, 2.75) is 31.6 Å². The Hall–Kier alpha value is -0.780. The zero-order valence-electron chi connectivity index (χ0n) is 17.7. The lowest BCUT2D eigenvalue weighted by Crippen LogP contribution is -2.47. The van der Waals surface area contributed by atoms with Crippen molar-refractivity contribution in [3.05, 3.63) is 35.6 Å². The lowest BCUT2D eigenvalue weighted by atomic mass is 10.0. The Kier molecular flexibility index (Phi) is 11.6. The molecule has 0 bridgehead atoms. The van der Waals surface area contributed by atoms with Crippen molar-refractivity contribution in [2.75, 3.05) is 52.2 Å². The van der Waals surface area contributed by atoms with Crippen LogP contribution in [0.3, 0.4) is 0 Å². The Bertz CT molecular complexity index is 661. The van der Waals surface area contributed by atoms with Crippen LogP contribution >= 0.6 is 24.0 Å². The molecule has 0 spiro atoms. The molecule has 2 N–H and O–H groups in total. The first-order valence-electron chi connectivity index (χ1n) is 9.71. The van der Waals surface area contributed by atoms with Crippen LogP contribution < -0.4 is 10.6 Å². The number of nitrogens with zero attached hydrogens (tertiary/aromatic N) is 2. The van der Waals surface area contributed by atoms with E-state index in [9.17, 15) is 8.60 Å². The molecule has 1 aliphatic heterocycles. The summed E-state index contributed by atoms with van der Waals surface area (Å²) in [5.41, 5.74) is 1.06. The maximum Gasteiger partial charge on any atom is 0.191 e. The van der Waals surface area contributed by atoms with Gasteiger partial charge < -0.3 is 15.4 Å². The molecule has 0 amide bonds. The topological polar surface area (TPSA) is 66.0 Å². The summed E-state index contributed by atoms with van der Waals surface area (Å²) in [5.74, 6) is 1.00. The van der Waals surface area contributed by atoms with Crippen LogP contribution in [-0.2, 0) is 15.5 Å². The summed E-state index contributed by atoms with van der Waals surface area (Å²) in [4.78, 5) is 6.60. The fraction of sp³-hybridized carbons (Fsp3) is 0.650. The van der Waals surface area contributed by atoms with Gasteiger partial charge in [0.15, 0.2) is 5.96 Å². The van der Waals surface area contributed by atoms with Gasteiger partial charge in [0.05, 0.1) is 19.3 Å². The number of halogens is 2. The van der Waals surface area contributed by atoms with Gasteiger partial charge >= 0.3 is 0 Å². The summed E-state index contributed by atoms with van der Waals surface area (Å²) in [6, 6.07) is 6.75. The third-order valence-corrected chi connectivity index (χ3v) is 6.63. The normalized spacial score (nSPS) is 17.9. The Morgan fingerprint density at radius 2 is 1.86 bits per heavy atom. The minimum absolute atomic E-state index is 0. The van der Waals surface area contributed by atoms with Crippen molar-refractivity contribution in [1.29, 1.82) is 0 Å². The minimum atomic E-state index is -0.907. The predicted molar refractivity (Wildman–Crippen MR) is 129 cm³/mol. The molecule has 1 aromatic carbocycles. The number of nitrogens with one attached hydrogen (secondary N) is 2. The Morgan fingerprint density at radius 3 is 2.41 bits per heavy atom. The quantitative estimate of drug-likeness (QED) is 0.316. The van der Waals surface area contributed by atoms with Crippen LogP contribution in [0.5, 0.6) is 0 Å². The van der Waals surface area contributed by atoms with Gasteiger partial charge in [0.2, 0.25) is 0 Å². The van der Waals surface area contributed by atoms with Crippen LogP contribution in [0.25, 0.3) is 0 Å². The smallest absolute Gasteiger partial charge is 0.191 e. The van der Waals surface area contributed by atoms with E-state index in [1.165, 1.54) is 12.1 Å². The number of rotatable bonds is 7. The molecule has 166 valence electrons. The highest BCUT2D eigenvalue weighted by Crippen LogP contribution is 2.21. The highest BCUT2D eigenvalue weighted by atomic mass is 127. The molecule has 29 heavy (non-hydrogen) atoms. The number of hydrogen-bond donors (Lipinski definition) is 2. The second-order valence-electron chi connectivity index (χ2n) is 7.76. The minimum Gasteiger partial charge on any atom is -0.379 e. The van der Waals surface area contributed by atoms with E-state index in [0.29, 0.717) is 38.0 Å². The average molecular weight is 540 g/mol. The first-order chi connectivity index (χ1) is 13.3. The van der Waals surface area contributed by atoms with Crippen LogP contribution in [0.4, 0.5) is 4.39 Å². The Morgan fingerprint density at radius 1 is 1.24 bits per heavy atom. The van der Waals surface area contributed by atoms with Crippen LogP contribution in [-0.4, -0.2) is 72.0 Å². The fourth-order valence-electron chi connectivity index (χ4n) is 3.01. The molecule has 2 atom stereocenters. The number of aliphatic imine (C=N–C) groups is 1. The molecule has 0 radical (unpaired) electrons. The lowest BCUT2D eigenvalue weighted by molar-refractivity contribution is 0.0170. The van der Waals surface area contributed by atoms with E-state index >= 15 is 0 Å². The molecule has 1 heterocycles. The Balaban J connectivity index is 0.00000420. The van der Waals surface area contributed by atoms with Crippen molar-refractivity contribution in [2.24, 2.45) is 4.99 Å². The van der Waals surface area contributed by atoms with E-state index in [0.717, 1.165) is 18.7 Å². The highest BCUT2D eigenvalue weighted by molar-refractivity contribution is 14.0. The second-order valence-corrected chi connectivity index (χ2v) is 10.1. The number of ether oxygens (including phenoxy) is 1. The van der Waals surface area contributed by atoms with Crippen molar-refractivity contribution in [3.63, 3.8) is 0 Å². The van der Waals surface area contributed by atoms with Crippen molar-refractivity contribution >= 4 is 40.7 Å². The molecule has 1 saturated heterocycles. The van der Waals surface area contributed by atoms with Crippen molar-refractivity contribution in [1.82, 2.24) is 15.5 Å². The molecule has 0 aliphatic carbocycles. The summed E-state index contributed by atoms with van der Waals surface area (Å²) in [7, 11) is 0.813. The number of hydrogen-bond acceptors (Lipinski definition) is 4. The van der Waals surface area contributed by atoms with Crippen LogP contribution in [0.15, 0.2) is 29.3 Å². The maximum absolute atomic E-state index is 13.3. The molecular weight excluding hydrogens is 506 g/mol. The fourth-order valence-corrected chi connectivity index (χ4v) is 3.91. The zero-order valence-corrected chi connectivity index (χ0v) is 20.9. The highest BCUT2D eigenvalue weighted by Gasteiger charge is 2.23. The van der Waals surface area contributed by atoms with E-state index < -0.39 is 10.8 Å². The lowest BCUT2D eigenvalue weighted by Gasteiger charge is -2.35. The number of morpholine rings is 1. The maximum atomic E-state index is 13.3. The third-order valence-electron chi connectivity index (χ3n) is 4.69. The molecule has 6 nitrogen and oxygen atoms in total. The largest absolute Gasteiger partial charge is 0.379 e. The summed E-state index contributed by atoms with van der Waals surface area (Å²) in [5, 5.41) is 6.59. The number of benzene rings is 1. The predicted octanol–water partition coefficient (Wildman–Crippen LogP) is 2.53. The summed E-state index contributed by atoms with van der Waals surface area (Å²) in [6.07, 6.45) is 0. The summed E-state index contributed by atoms with van der Waals surface area (Å²) in [6.45, 7) is 10.2. The molecule has 0 aromatic heterocycles. The van der Waals surface area contributed by atoms with Gasteiger partial charge in [-0.15, -0.1) is 24.0 Å². The zero-order chi connectivity index (χ0) is 20.6. The van der Waals surface area contributed by atoms with E-state index in [4.69, 9.17) is 4.74 Å². The van der Waals surface area contributed by atoms with Gasteiger partial charge in [0.1, 0.15) is 5.82 Å². The van der Waals surface area contributed by atoms with Crippen molar-refractivity contribution < 1.29 is 13.3 Å². The molecule has 9 heteroatoms. The van der Waals surface area contributed by atoms with Gasteiger partial charge in [-0.3, -0.25) is 14.1 Å². The monoisotopic (exact) mass is 540 g/mol. The molecule has 2 rings (SSSR count). The molecule has 1 fully saturated rings. The first-order valence-corrected chi connectivity index (χ1v) is 11.0. The second kappa shape index (κ2) is 12.8. The van der Waals surface area contributed by atoms with Gasteiger partial charge in [-0.05, 0) is 38.5 Å². The van der Waals surface area contributed by atoms with E-state index in [2.05, 4.69) is 20.5 Å². The van der Waals surface area contributed by atoms with Gasteiger partial charge in [0.25, 0.3) is 0 Å². The molecule has 2 unspecified atom stereocenters. The molecule has 1 aliphatic rings. The standard InChI is InChI=1S/C20H33FN4O2S.HI/c1-20(2,3)28(26)14-9-23-19(22-4)24-15-18(25-10-12-27-13-11-25)16-5-7-17(21)8-6-16;/h5-8,18H,9-15H2,1-4H3,(H2,22,23,24);1H. The third kappa shape index (κ3) is 8.85. The van der Waals surface area contributed by atoms with Gasteiger partial charge in [-0.1, -0.05) is 12.1 Å². The van der Waals surface area contributed by atoms with Crippen LogP contribution in [0.2, 0.25) is 0 Å². The number of guanidine groups is 1. The van der Waals surface area contributed by atoms with Gasteiger partial charge in [0, 0.05) is 54.5 Å². The van der Waals surface area contributed by atoms with Crippen molar-refractivity contribution in [3.8, 4) is 0 Å². The van der Waals surface area contributed by atoms with Crippen LogP contribution in [0.1, 0.15) is 32.4 Å². The molecule has 0 saturated carbocycles. The summed E-state index contributed by atoms with van der Waals surface area (Å²) >= 11 is 0.